The van der Waals surface area contributed by atoms with Gasteiger partial charge < -0.3 is 19.3 Å². The van der Waals surface area contributed by atoms with E-state index in [-0.39, 0.29) is 12.7 Å². The molecule has 1 aromatic rings. The lowest BCUT2D eigenvalue weighted by Crippen LogP contribution is -2.42. The third-order valence-corrected chi connectivity index (χ3v) is 3.87. The number of esters is 1. The standard InChI is InChI=1S/C17H24O5/c1-3-15-17(22-15,16(19)21-4-2)14(18)10-11-20-12-13-8-6-5-7-9-13/h5-9,14-15,18H,3-4,10-12H2,1-2H3/t14-,15-,17-/m1/s1. The minimum Gasteiger partial charge on any atom is -0.464 e. The number of hydrogen-bond donors (Lipinski definition) is 1. The second-order valence-corrected chi connectivity index (χ2v) is 5.37. The lowest BCUT2D eigenvalue weighted by atomic mass is 9.94. The molecule has 2 rings (SSSR count). The van der Waals surface area contributed by atoms with Crippen LogP contribution in [0.3, 0.4) is 0 Å². The number of hydrogen-bond acceptors (Lipinski definition) is 5. The van der Waals surface area contributed by atoms with E-state index in [1.54, 1.807) is 6.92 Å². The second kappa shape index (κ2) is 7.72. The topological polar surface area (TPSA) is 68.3 Å². The molecule has 0 amide bonds. The molecule has 0 radical (unpaired) electrons. The summed E-state index contributed by atoms with van der Waals surface area (Å²) in [5.41, 5.74) is -0.118. The molecular weight excluding hydrogens is 284 g/mol. The molecule has 1 saturated heterocycles. The number of ether oxygens (including phenoxy) is 3. The summed E-state index contributed by atoms with van der Waals surface area (Å²) in [6.45, 7) is 4.78. The molecule has 3 atom stereocenters. The molecule has 1 fully saturated rings. The Hall–Kier alpha value is -1.43. The van der Waals surface area contributed by atoms with E-state index >= 15 is 0 Å². The van der Waals surface area contributed by atoms with E-state index in [1.165, 1.54) is 0 Å². The number of rotatable bonds is 9. The van der Waals surface area contributed by atoms with Gasteiger partial charge in [-0.3, -0.25) is 0 Å². The van der Waals surface area contributed by atoms with Crippen molar-refractivity contribution in [1.82, 2.24) is 0 Å². The van der Waals surface area contributed by atoms with Gasteiger partial charge in [-0.05, 0) is 18.9 Å². The predicted molar refractivity (Wildman–Crippen MR) is 81.2 cm³/mol. The monoisotopic (exact) mass is 308 g/mol. The Morgan fingerprint density at radius 1 is 1.36 bits per heavy atom. The molecule has 0 bridgehead atoms. The Morgan fingerprint density at radius 3 is 2.68 bits per heavy atom. The zero-order chi connectivity index (χ0) is 16.0. The first kappa shape index (κ1) is 16.9. The van der Waals surface area contributed by atoms with Crippen molar-refractivity contribution in [3.8, 4) is 0 Å². The van der Waals surface area contributed by atoms with Crippen molar-refractivity contribution in [1.29, 1.82) is 0 Å². The average Bonchev–Trinajstić information content (AvgIpc) is 3.28. The van der Waals surface area contributed by atoms with Crippen LogP contribution in [0.25, 0.3) is 0 Å². The van der Waals surface area contributed by atoms with Crippen molar-refractivity contribution in [3.63, 3.8) is 0 Å². The number of aliphatic hydroxyl groups is 1. The lowest BCUT2D eigenvalue weighted by Gasteiger charge is -2.18. The van der Waals surface area contributed by atoms with Gasteiger partial charge in [-0.25, -0.2) is 4.79 Å². The van der Waals surface area contributed by atoms with Crippen molar-refractivity contribution >= 4 is 5.97 Å². The van der Waals surface area contributed by atoms with Crippen molar-refractivity contribution < 1.29 is 24.1 Å². The molecule has 1 aliphatic rings. The van der Waals surface area contributed by atoms with E-state index in [1.807, 2.05) is 37.3 Å². The number of carbonyl (C=O) groups is 1. The first-order chi connectivity index (χ1) is 10.6. The molecule has 5 heteroatoms. The summed E-state index contributed by atoms with van der Waals surface area (Å²) in [5.74, 6) is -0.475. The average molecular weight is 308 g/mol. The van der Waals surface area contributed by atoms with Gasteiger partial charge in [0.2, 0.25) is 5.60 Å². The SMILES string of the molecule is CCOC(=O)[C@]1([C@H](O)CCOCc2ccccc2)O[C@@H]1CC. The molecule has 0 saturated carbocycles. The highest BCUT2D eigenvalue weighted by Crippen LogP contribution is 2.44. The van der Waals surface area contributed by atoms with Crippen LogP contribution in [0.15, 0.2) is 30.3 Å². The van der Waals surface area contributed by atoms with Crippen LogP contribution in [-0.4, -0.2) is 42.1 Å². The predicted octanol–water partition coefficient (Wildman–Crippen LogP) is 2.06. The van der Waals surface area contributed by atoms with Gasteiger partial charge in [0.1, 0.15) is 6.10 Å². The summed E-state index contributed by atoms with van der Waals surface area (Å²) < 4.78 is 16.1. The van der Waals surface area contributed by atoms with Crippen LogP contribution >= 0.6 is 0 Å². The highest BCUT2D eigenvalue weighted by Gasteiger charge is 2.67. The second-order valence-electron chi connectivity index (χ2n) is 5.37. The van der Waals surface area contributed by atoms with Crippen LogP contribution in [0, 0.1) is 0 Å². The van der Waals surface area contributed by atoms with Gasteiger partial charge in [0, 0.05) is 13.0 Å². The highest BCUT2D eigenvalue weighted by atomic mass is 16.7. The van der Waals surface area contributed by atoms with Gasteiger partial charge in [-0.15, -0.1) is 0 Å². The molecule has 0 aromatic heterocycles. The van der Waals surface area contributed by atoms with Crippen LogP contribution in [0.2, 0.25) is 0 Å². The molecule has 5 nitrogen and oxygen atoms in total. The van der Waals surface area contributed by atoms with Gasteiger partial charge in [-0.1, -0.05) is 37.3 Å². The minimum atomic E-state index is -1.19. The van der Waals surface area contributed by atoms with E-state index in [0.717, 1.165) is 5.56 Å². The first-order valence-electron chi connectivity index (χ1n) is 7.79. The van der Waals surface area contributed by atoms with Crippen molar-refractivity contribution in [2.45, 2.75) is 51.1 Å². The van der Waals surface area contributed by atoms with E-state index in [4.69, 9.17) is 14.2 Å². The van der Waals surface area contributed by atoms with E-state index < -0.39 is 17.7 Å². The summed E-state index contributed by atoms with van der Waals surface area (Å²) in [6.07, 6.45) is -0.175. The zero-order valence-electron chi connectivity index (χ0n) is 13.2. The van der Waals surface area contributed by atoms with Gasteiger partial charge in [0.15, 0.2) is 0 Å². The third-order valence-electron chi connectivity index (χ3n) is 3.87. The fraction of sp³-hybridized carbons (Fsp3) is 0.588. The Labute approximate surface area is 131 Å². The quantitative estimate of drug-likeness (QED) is 0.430. The lowest BCUT2D eigenvalue weighted by molar-refractivity contribution is -0.154. The molecular formula is C17H24O5. The summed E-state index contributed by atoms with van der Waals surface area (Å²) >= 11 is 0. The normalized spacial score (nSPS) is 24.8. The van der Waals surface area contributed by atoms with Gasteiger partial charge in [-0.2, -0.15) is 0 Å². The van der Waals surface area contributed by atoms with Crippen LogP contribution in [-0.2, 0) is 25.6 Å². The number of aliphatic hydroxyl groups excluding tert-OH is 1. The number of epoxide rings is 1. The zero-order valence-corrected chi connectivity index (χ0v) is 13.2. The first-order valence-corrected chi connectivity index (χ1v) is 7.79. The summed E-state index contributed by atoms with van der Waals surface area (Å²) in [6, 6.07) is 9.81. The Bertz CT molecular complexity index is 475. The van der Waals surface area contributed by atoms with Crippen LogP contribution < -0.4 is 0 Å². The fourth-order valence-electron chi connectivity index (χ4n) is 2.61. The molecule has 0 spiro atoms. The molecule has 1 N–H and O–H groups in total. The van der Waals surface area contributed by atoms with Gasteiger partial charge in [0.25, 0.3) is 0 Å². The number of benzene rings is 1. The van der Waals surface area contributed by atoms with E-state index in [9.17, 15) is 9.90 Å². The molecule has 122 valence electrons. The third kappa shape index (κ3) is 3.66. The fourth-order valence-corrected chi connectivity index (χ4v) is 2.61. The molecule has 1 aliphatic heterocycles. The molecule has 1 aromatic carbocycles. The molecule has 0 unspecified atom stereocenters. The summed E-state index contributed by atoms with van der Waals surface area (Å²) in [7, 11) is 0. The Morgan fingerprint density at radius 2 is 2.09 bits per heavy atom. The van der Waals surface area contributed by atoms with Crippen LogP contribution in [0.5, 0.6) is 0 Å². The van der Waals surface area contributed by atoms with Gasteiger partial charge in [0.05, 0.1) is 19.3 Å². The smallest absolute Gasteiger partial charge is 0.343 e. The van der Waals surface area contributed by atoms with Crippen LogP contribution in [0.1, 0.15) is 32.3 Å². The highest BCUT2D eigenvalue weighted by molar-refractivity contribution is 5.84. The summed E-state index contributed by atoms with van der Waals surface area (Å²) in [5, 5.41) is 10.3. The Kier molecular flexibility index (Phi) is 5.94. The maximum atomic E-state index is 12.0. The minimum absolute atomic E-state index is 0.268. The van der Waals surface area contributed by atoms with Crippen molar-refractivity contribution in [2.75, 3.05) is 13.2 Å². The van der Waals surface area contributed by atoms with E-state index in [2.05, 4.69) is 0 Å². The number of carbonyl (C=O) groups excluding carboxylic acids is 1. The van der Waals surface area contributed by atoms with Crippen molar-refractivity contribution in [2.24, 2.45) is 0 Å². The molecule has 1 heterocycles. The van der Waals surface area contributed by atoms with Crippen molar-refractivity contribution in [3.05, 3.63) is 35.9 Å². The van der Waals surface area contributed by atoms with Crippen LogP contribution in [0.4, 0.5) is 0 Å². The molecule has 0 aliphatic carbocycles. The molecule has 22 heavy (non-hydrogen) atoms. The van der Waals surface area contributed by atoms with Gasteiger partial charge >= 0.3 is 5.97 Å². The maximum Gasteiger partial charge on any atom is 0.343 e. The maximum absolute atomic E-state index is 12.0. The largest absolute Gasteiger partial charge is 0.464 e. The summed E-state index contributed by atoms with van der Waals surface area (Å²) in [4.78, 5) is 12.0. The Balaban J connectivity index is 1.80. The van der Waals surface area contributed by atoms with E-state index in [0.29, 0.717) is 26.1 Å².